The second-order valence-corrected chi connectivity index (χ2v) is 6.42. The molecule has 2 unspecified atom stereocenters. The summed E-state index contributed by atoms with van der Waals surface area (Å²) in [7, 11) is 0. The number of nitrogens with zero attached hydrogens (tertiary/aromatic N) is 1. The SMILES string of the molecule is NC1CCCC(CN(CC2CC2)C2CC2)C1. The third kappa shape index (κ3) is 2.98. The summed E-state index contributed by atoms with van der Waals surface area (Å²) < 4.78 is 0. The Bertz CT molecular complexity index is 233. The van der Waals surface area contributed by atoms with Crippen LogP contribution >= 0.6 is 0 Å². The summed E-state index contributed by atoms with van der Waals surface area (Å²) in [6.07, 6.45) is 11.3. The summed E-state index contributed by atoms with van der Waals surface area (Å²) >= 11 is 0. The molecule has 0 bridgehead atoms. The number of hydrogen-bond acceptors (Lipinski definition) is 2. The van der Waals surface area contributed by atoms with E-state index in [9.17, 15) is 0 Å². The molecule has 2 N–H and O–H groups in total. The van der Waals surface area contributed by atoms with Crippen molar-refractivity contribution in [3.05, 3.63) is 0 Å². The normalized spacial score (nSPS) is 35.6. The fourth-order valence-corrected chi connectivity index (χ4v) is 3.27. The first-order valence-electron chi connectivity index (χ1n) is 7.31. The van der Waals surface area contributed by atoms with Gasteiger partial charge in [0.1, 0.15) is 0 Å². The van der Waals surface area contributed by atoms with E-state index in [0.29, 0.717) is 6.04 Å². The average Bonchev–Trinajstić information content (AvgIpc) is 3.12. The predicted octanol–water partition coefficient (Wildman–Crippen LogP) is 2.38. The van der Waals surface area contributed by atoms with E-state index in [-0.39, 0.29) is 0 Å². The van der Waals surface area contributed by atoms with Crippen LogP contribution in [0.2, 0.25) is 0 Å². The number of nitrogens with two attached hydrogens (primary N) is 1. The van der Waals surface area contributed by atoms with E-state index < -0.39 is 0 Å². The van der Waals surface area contributed by atoms with Crippen LogP contribution < -0.4 is 5.73 Å². The van der Waals surface area contributed by atoms with Gasteiger partial charge in [-0.25, -0.2) is 0 Å². The van der Waals surface area contributed by atoms with Crippen molar-refractivity contribution in [1.29, 1.82) is 0 Å². The molecular formula is C14H26N2. The van der Waals surface area contributed by atoms with E-state index in [2.05, 4.69) is 4.90 Å². The first kappa shape index (κ1) is 11.0. The Morgan fingerprint density at radius 1 is 0.875 bits per heavy atom. The summed E-state index contributed by atoms with van der Waals surface area (Å²) in [6, 6.07) is 1.46. The molecule has 0 spiro atoms. The third-order valence-corrected chi connectivity index (χ3v) is 4.57. The Kier molecular flexibility index (Phi) is 3.21. The molecule has 0 aromatic carbocycles. The highest BCUT2D eigenvalue weighted by Gasteiger charge is 2.35. The minimum Gasteiger partial charge on any atom is -0.328 e. The quantitative estimate of drug-likeness (QED) is 0.774. The van der Waals surface area contributed by atoms with Crippen molar-refractivity contribution in [3.8, 4) is 0 Å². The van der Waals surface area contributed by atoms with Crippen LogP contribution in [0.3, 0.4) is 0 Å². The van der Waals surface area contributed by atoms with E-state index in [1.165, 1.54) is 64.5 Å². The van der Waals surface area contributed by atoms with Crippen LogP contribution in [0.5, 0.6) is 0 Å². The minimum absolute atomic E-state index is 0.501. The van der Waals surface area contributed by atoms with Crippen LogP contribution in [0.15, 0.2) is 0 Å². The van der Waals surface area contributed by atoms with Gasteiger partial charge >= 0.3 is 0 Å². The Balaban J connectivity index is 1.49. The highest BCUT2D eigenvalue weighted by atomic mass is 15.2. The van der Waals surface area contributed by atoms with Gasteiger partial charge in [-0.15, -0.1) is 0 Å². The molecular weight excluding hydrogens is 196 g/mol. The van der Waals surface area contributed by atoms with E-state index >= 15 is 0 Å². The highest BCUT2D eigenvalue weighted by molar-refractivity contribution is 4.90. The van der Waals surface area contributed by atoms with Gasteiger partial charge in [0.25, 0.3) is 0 Å². The molecule has 0 aromatic heterocycles. The first-order chi connectivity index (χ1) is 7.81. The van der Waals surface area contributed by atoms with Crippen LogP contribution in [-0.4, -0.2) is 30.1 Å². The Morgan fingerprint density at radius 2 is 1.62 bits per heavy atom. The molecule has 3 aliphatic rings. The fraction of sp³-hybridized carbons (Fsp3) is 1.00. The van der Waals surface area contributed by atoms with E-state index in [4.69, 9.17) is 5.73 Å². The molecule has 0 saturated heterocycles. The topological polar surface area (TPSA) is 29.3 Å². The molecule has 0 aromatic rings. The van der Waals surface area contributed by atoms with Gasteiger partial charge in [-0.2, -0.15) is 0 Å². The molecule has 3 rings (SSSR count). The molecule has 0 radical (unpaired) electrons. The number of rotatable bonds is 5. The zero-order valence-corrected chi connectivity index (χ0v) is 10.4. The van der Waals surface area contributed by atoms with Gasteiger partial charge in [0.05, 0.1) is 0 Å². The standard InChI is InChI=1S/C14H26N2/c15-13-3-1-2-12(8-13)10-16(14-6-7-14)9-11-4-5-11/h11-14H,1-10,15H2. The second kappa shape index (κ2) is 4.66. The summed E-state index contributed by atoms with van der Waals surface area (Å²) in [6.45, 7) is 2.76. The molecule has 3 fully saturated rings. The largest absolute Gasteiger partial charge is 0.328 e. The van der Waals surface area contributed by atoms with Crippen LogP contribution in [0.4, 0.5) is 0 Å². The van der Waals surface area contributed by atoms with E-state index in [0.717, 1.165) is 17.9 Å². The van der Waals surface area contributed by atoms with Crippen molar-refractivity contribution in [3.63, 3.8) is 0 Å². The van der Waals surface area contributed by atoms with Crippen molar-refractivity contribution < 1.29 is 0 Å². The zero-order chi connectivity index (χ0) is 11.0. The molecule has 3 aliphatic carbocycles. The van der Waals surface area contributed by atoms with Crippen LogP contribution in [0, 0.1) is 11.8 Å². The Hall–Kier alpha value is -0.0800. The second-order valence-electron chi connectivity index (χ2n) is 6.42. The Morgan fingerprint density at radius 3 is 2.25 bits per heavy atom. The van der Waals surface area contributed by atoms with Crippen molar-refractivity contribution in [1.82, 2.24) is 4.90 Å². The molecule has 0 aliphatic heterocycles. The van der Waals surface area contributed by atoms with Gasteiger partial charge in [-0.05, 0) is 56.8 Å². The summed E-state index contributed by atoms with van der Waals surface area (Å²) in [5, 5.41) is 0. The molecule has 0 amide bonds. The molecule has 16 heavy (non-hydrogen) atoms. The van der Waals surface area contributed by atoms with Gasteiger partial charge in [0.2, 0.25) is 0 Å². The van der Waals surface area contributed by atoms with Gasteiger partial charge in [0, 0.05) is 25.2 Å². The fourth-order valence-electron chi connectivity index (χ4n) is 3.27. The predicted molar refractivity (Wildman–Crippen MR) is 67.3 cm³/mol. The lowest BCUT2D eigenvalue weighted by atomic mass is 9.86. The van der Waals surface area contributed by atoms with Crippen molar-refractivity contribution in [2.24, 2.45) is 17.6 Å². The lowest BCUT2D eigenvalue weighted by Gasteiger charge is -2.32. The lowest BCUT2D eigenvalue weighted by Crippen LogP contribution is -2.37. The van der Waals surface area contributed by atoms with Crippen LogP contribution in [-0.2, 0) is 0 Å². The maximum atomic E-state index is 6.09. The van der Waals surface area contributed by atoms with Gasteiger partial charge < -0.3 is 5.73 Å². The Labute approximate surface area is 99.6 Å². The summed E-state index contributed by atoms with van der Waals surface area (Å²) in [5.41, 5.74) is 6.09. The molecule has 3 saturated carbocycles. The third-order valence-electron chi connectivity index (χ3n) is 4.57. The van der Waals surface area contributed by atoms with E-state index in [1.54, 1.807) is 0 Å². The van der Waals surface area contributed by atoms with Gasteiger partial charge in [-0.3, -0.25) is 4.90 Å². The summed E-state index contributed by atoms with van der Waals surface area (Å²) in [4.78, 5) is 2.81. The maximum Gasteiger partial charge on any atom is 0.00966 e. The monoisotopic (exact) mass is 222 g/mol. The smallest absolute Gasteiger partial charge is 0.00966 e. The summed E-state index contributed by atoms with van der Waals surface area (Å²) in [5.74, 6) is 1.96. The molecule has 92 valence electrons. The molecule has 0 heterocycles. The van der Waals surface area contributed by atoms with Gasteiger partial charge in [0.15, 0.2) is 0 Å². The number of hydrogen-bond donors (Lipinski definition) is 1. The van der Waals surface area contributed by atoms with Gasteiger partial charge in [-0.1, -0.05) is 6.42 Å². The molecule has 2 nitrogen and oxygen atoms in total. The average molecular weight is 222 g/mol. The van der Waals surface area contributed by atoms with Crippen molar-refractivity contribution in [2.75, 3.05) is 13.1 Å². The maximum absolute atomic E-state index is 6.09. The van der Waals surface area contributed by atoms with E-state index in [1.807, 2.05) is 0 Å². The zero-order valence-electron chi connectivity index (χ0n) is 10.4. The molecule has 2 heteroatoms. The van der Waals surface area contributed by atoms with Crippen molar-refractivity contribution >= 4 is 0 Å². The first-order valence-corrected chi connectivity index (χ1v) is 7.31. The lowest BCUT2D eigenvalue weighted by molar-refractivity contribution is 0.179. The minimum atomic E-state index is 0.501. The molecule has 2 atom stereocenters. The van der Waals surface area contributed by atoms with Crippen LogP contribution in [0.25, 0.3) is 0 Å². The van der Waals surface area contributed by atoms with Crippen molar-refractivity contribution in [2.45, 2.75) is 63.5 Å². The van der Waals surface area contributed by atoms with Crippen LogP contribution in [0.1, 0.15) is 51.4 Å². The highest BCUT2D eigenvalue weighted by Crippen LogP contribution is 2.36.